The van der Waals surface area contributed by atoms with E-state index in [9.17, 15) is 14.9 Å². The molecule has 1 fully saturated rings. The summed E-state index contributed by atoms with van der Waals surface area (Å²) in [5.41, 5.74) is 3.64. The maximum atomic E-state index is 13.8. The number of nitriles is 1. The summed E-state index contributed by atoms with van der Waals surface area (Å²) in [4.78, 5) is 32.0. The van der Waals surface area contributed by atoms with Crippen LogP contribution in [0.4, 0.5) is 5.69 Å². The van der Waals surface area contributed by atoms with Gasteiger partial charge in [0.2, 0.25) is 5.91 Å². The number of likely N-dealkylation sites (N-methyl/N-ethyl adjacent to an activating group) is 1. The van der Waals surface area contributed by atoms with Crippen molar-refractivity contribution in [3.8, 4) is 22.9 Å². The van der Waals surface area contributed by atoms with Crippen LogP contribution in [0.3, 0.4) is 0 Å². The predicted octanol–water partition coefficient (Wildman–Crippen LogP) is 4.79. The molecular weight excluding hydrogens is 551 g/mol. The first-order chi connectivity index (χ1) is 19.4. The SMILES string of the molecule is CN(C(=O)CN1C(=O)COc2cc(Cl)c(Cl)cc21)C(CN1CCOCC1)c1cccc(-c2ccccc2C#N)c1. The topological polar surface area (TPSA) is 86.1 Å². The Bertz CT molecular complexity index is 1470. The Hall–Kier alpha value is -3.61. The average Bonchev–Trinajstić information content (AvgIpc) is 2.98. The summed E-state index contributed by atoms with van der Waals surface area (Å²) in [5.74, 6) is -0.181. The fraction of sp³-hybridized carbons (Fsp3) is 0.300. The third-order valence-corrected chi connectivity index (χ3v) is 7.99. The highest BCUT2D eigenvalue weighted by Crippen LogP contribution is 2.39. The molecule has 1 unspecified atom stereocenters. The van der Waals surface area contributed by atoms with Crippen molar-refractivity contribution < 1.29 is 19.1 Å². The number of hydrogen-bond acceptors (Lipinski definition) is 6. The molecule has 0 aromatic heterocycles. The number of amides is 2. The Morgan fingerprint density at radius 3 is 2.60 bits per heavy atom. The van der Waals surface area contributed by atoms with Crippen molar-refractivity contribution in [2.45, 2.75) is 6.04 Å². The minimum Gasteiger partial charge on any atom is -0.482 e. The first-order valence-corrected chi connectivity index (χ1v) is 13.7. The molecule has 3 aromatic carbocycles. The Morgan fingerprint density at radius 2 is 1.82 bits per heavy atom. The van der Waals surface area contributed by atoms with Gasteiger partial charge in [-0.1, -0.05) is 59.6 Å². The number of carbonyl (C=O) groups excluding carboxylic acids is 2. The maximum absolute atomic E-state index is 13.8. The number of carbonyl (C=O) groups is 2. The molecule has 0 bridgehead atoms. The molecule has 2 heterocycles. The second kappa shape index (κ2) is 12.3. The highest BCUT2D eigenvalue weighted by Gasteiger charge is 2.32. The van der Waals surface area contributed by atoms with Gasteiger partial charge in [-0.25, -0.2) is 0 Å². The van der Waals surface area contributed by atoms with Crippen molar-refractivity contribution in [1.29, 1.82) is 5.26 Å². The second-order valence-electron chi connectivity index (χ2n) is 9.72. The van der Waals surface area contributed by atoms with Gasteiger partial charge in [-0.2, -0.15) is 5.26 Å². The molecule has 10 heteroatoms. The summed E-state index contributed by atoms with van der Waals surface area (Å²) in [6.45, 7) is 2.97. The average molecular weight is 579 g/mol. The molecule has 8 nitrogen and oxygen atoms in total. The molecule has 0 spiro atoms. The van der Waals surface area contributed by atoms with Gasteiger partial charge in [0.05, 0.1) is 46.6 Å². The molecule has 1 atom stereocenters. The zero-order valence-corrected chi connectivity index (χ0v) is 23.5. The number of hydrogen-bond donors (Lipinski definition) is 0. The van der Waals surface area contributed by atoms with Gasteiger partial charge >= 0.3 is 0 Å². The zero-order chi connectivity index (χ0) is 28.2. The van der Waals surface area contributed by atoms with Crippen molar-refractivity contribution >= 4 is 40.7 Å². The van der Waals surface area contributed by atoms with Crippen LogP contribution in [-0.4, -0.2) is 74.7 Å². The Kier molecular flexibility index (Phi) is 8.57. The Balaban J connectivity index is 1.45. The van der Waals surface area contributed by atoms with E-state index in [1.165, 1.54) is 4.90 Å². The van der Waals surface area contributed by atoms with Gasteiger partial charge in [-0.05, 0) is 34.9 Å². The molecule has 0 saturated carbocycles. The van der Waals surface area contributed by atoms with Crippen molar-refractivity contribution in [2.24, 2.45) is 0 Å². The Labute approximate surface area is 243 Å². The van der Waals surface area contributed by atoms with E-state index in [1.54, 1.807) is 30.1 Å². The molecule has 5 rings (SSSR count). The summed E-state index contributed by atoms with van der Waals surface area (Å²) in [5, 5.41) is 10.2. The third kappa shape index (κ3) is 5.93. The maximum Gasteiger partial charge on any atom is 0.265 e. The first-order valence-electron chi connectivity index (χ1n) is 12.9. The largest absolute Gasteiger partial charge is 0.482 e. The molecule has 0 aliphatic carbocycles. The summed E-state index contributed by atoms with van der Waals surface area (Å²) < 4.78 is 11.1. The van der Waals surface area contributed by atoms with Crippen LogP contribution in [0.15, 0.2) is 60.7 Å². The van der Waals surface area contributed by atoms with Crippen LogP contribution in [-0.2, 0) is 14.3 Å². The lowest BCUT2D eigenvalue weighted by Crippen LogP contribution is -2.48. The molecule has 206 valence electrons. The summed E-state index contributed by atoms with van der Waals surface area (Å²) in [6, 6.07) is 20.4. The van der Waals surface area contributed by atoms with E-state index in [4.69, 9.17) is 32.7 Å². The molecule has 0 N–H and O–H groups in total. The van der Waals surface area contributed by atoms with Crippen LogP contribution in [0, 0.1) is 11.3 Å². The number of ether oxygens (including phenoxy) is 2. The molecular formula is C30H28Cl2N4O4. The standard InChI is InChI=1S/C30H28Cl2N4O4/c1-34(29(37)18-36-26-14-24(31)25(32)15-28(26)40-19-30(36)38)27(17-35-9-11-39-12-10-35)21-7-4-6-20(13-21)23-8-3-2-5-22(23)16-33/h2-8,13-15,27H,9-12,17-19H2,1H3. The molecule has 2 aliphatic heterocycles. The quantitative estimate of drug-likeness (QED) is 0.400. The molecule has 3 aromatic rings. The number of rotatable bonds is 7. The summed E-state index contributed by atoms with van der Waals surface area (Å²) in [7, 11) is 1.75. The summed E-state index contributed by atoms with van der Waals surface area (Å²) >= 11 is 12.4. The number of halogens is 2. The van der Waals surface area contributed by atoms with Crippen molar-refractivity contribution in [3.63, 3.8) is 0 Å². The van der Waals surface area contributed by atoms with Crippen LogP contribution >= 0.6 is 23.2 Å². The highest BCUT2D eigenvalue weighted by molar-refractivity contribution is 6.42. The predicted molar refractivity (Wildman–Crippen MR) is 154 cm³/mol. The van der Waals surface area contributed by atoms with Crippen LogP contribution in [0.25, 0.3) is 11.1 Å². The number of nitrogens with zero attached hydrogens (tertiary/aromatic N) is 4. The van der Waals surface area contributed by atoms with Crippen molar-refractivity contribution in [2.75, 3.05) is 57.9 Å². The number of morpholine rings is 1. The van der Waals surface area contributed by atoms with Crippen molar-refractivity contribution in [3.05, 3.63) is 81.8 Å². The van der Waals surface area contributed by atoms with Crippen LogP contribution in [0.2, 0.25) is 10.0 Å². The lowest BCUT2D eigenvalue weighted by atomic mass is 9.95. The van der Waals surface area contributed by atoms with Gasteiger partial charge in [-0.3, -0.25) is 19.4 Å². The van der Waals surface area contributed by atoms with E-state index in [0.717, 1.165) is 29.8 Å². The van der Waals surface area contributed by atoms with E-state index < -0.39 is 0 Å². The van der Waals surface area contributed by atoms with Gasteiger partial charge in [-0.15, -0.1) is 0 Å². The Morgan fingerprint density at radius 1 is 1.07 bits per heavy atom. The minimum atomic E-state index is -0.340. The van der Waals surface area contributed by atoms with E-state index in [1.807, 2.05) is 42.5 Å². The van der Waals surface area contributed by atoms with E-state index in [2.05, 4.69) is 11.0 Å². The van der Waals surface area contributed by atoms with Gasteiger partial charge in [0.25, 0.3) is 5.91 Å². The number of fused-ring (bicyclic) bond motifs is 1. The monoisotopic (exact) mass is 578 g/mol. The lowest BCUT2D eigenvalue weighted by Gasteiger charge is -2.37. The van der Waals surface area contributed by atoms with Crippen molar-refractivity contribution in [1.82, 2.24) is 9.80 Å². The fourth-order valence-corrected chi connectivity index (χ4v) is 5.33. The van der Waals surface area contributed by atoms with E-state index in [0.29, 0.717) is 41.8 Å². The molecule has 2 amide bonds. The van der Waals surface area contributed by atoms with Gasteiger partial charge in [0, 0.05) is 32.7 Å². The third-order valence-electron chi connectivity index (χ3n) is 7.26. The number of benzene rings is 3. The lowest BCUT2D eigenvalue weighted by molar-refractivity contribution is -0.133. The first kappa shape index (κ1) is 27.9. The highest BCUT2D eigenvalue weighted by atomic mass is 35.5. The van der Waals surface area contributed by atoms with Gasteiger partial charge < -0.3 is 14.4 Å². The molecule has 0 radical (unpaired) electrons. The number of anilines is 1. The smallest absolute Gasteiger partial charge is 0.265 e. The molecule has 40 heavy (non-hydrogen) atoms. The molecule has 2 aliphatic rings. The second-order valence-corrected chi connectivity index (χ2v) is 10.5. The normalized spacial score (nSPS) is 16.1. The van der Waals surface area contributed by atoms with Gasteiger partial charge in [0.1, 0.15) is 12.3 Å². The van der Waals surface area contributed by atoms with Crippen LogP contribution in [0.1, 0.15) is 17.2 Å². The van der Waals surface area contributed by atoms with E-state index in [-0.39, 0.29) is 36.0 Å². The minimum absolute atomic E-state index is 0.180. The van der Waals surface area contributed by atoms with Crippen LogP contribution in [0.5, 0.6) is 5.75 Å². The van der Waals surface area contributed by atoms with Crippen LogP contribution < -0.4 is 9.64 Å². The molecule has 1 saturated heterocycles. The van der Waals surface area contributed by atoms with Gasteiger partial charge in [0.15, 0.2) is 6.61 Å². The zero-order valence-electron chi connectivity index (χ0n) is 22.0. The fourth-order valence-electron chi connectivity index (χ4n) is 5.02. The summed E-state index contributed by atoms with van der Waals surface area (Å²) in [6.07, 6.45) is 0. The van der Waals surface area contributed by atoms with E-state index >= 15 is 0 Å².